The zero-order valence-electron chi connectivity index (χ0n) is 9.91. The Bertz CT molecular complexity index is 690. The maximum Gasteiger partial charge on any atom is 0.152 e. The van der Waals surface area contributed by atoms with Crippen LogP contribution in [0, 0.1) is 0 Å². The van der Waals surface area contributed by atoms with E-state index in [4.69, 9.17) is 5.73 Å². The summed E-state index contributed by atoms with van der Waals surface area (Å²) in [4.78, 5) is 4.47. The van der Waals surface area contributed by atoms with Gasteiger partial charge < -0.3 is 10.3 Å². The molecule has 96 valence electrons. The molecule has 5 nitrogen and oxygen atoms in total. The third-order valence-electron chi connectivity index (χ3n) is 3.42. The van der Waals surface area contributed by atoms with Crippen LogP contribution in [0.25, 0.3) is 11.0 Å². The molecule has 0 radical (unpaired) electrons. The molecule has 1 aliphatic heterocycles. The fraction of sp³-hybridized carbons (Fsp3) is 0.417. The van der Waals surface area contributed by atoms with Crippen molar-refractivity contribution in [1.82, 2.24) is 9.55 Å². The van der Waals surface area contributed by atoms with Gasteiger partial charge in [0.05, 0.1) is 35.1 Å². The summed E-state index contributed by atoms with van der Waals surface area (Å²) in [5.74, 6) is 1.22. The van der Waals surface area contributed by atoms with Crippen LogP contribution in [0.15, 0.2) is 24.3 Å². The lowest BCUT2D eigenvalue weighted by atomic mass is 10.2. The number of nitrogens with two attached hydrogens (primary N) is 1. The molecule has 2 N–H and O–H groups in total. The predicted octanol–water partition coefficient (Wildman–Crippen LogP) is 0.855. The highest BCUT2D eigenvalue weighted by Crippen LogP contribution is 2.29. The van der Waals surface area contributed by atoms with Crippen molar-refractivity contribution in [3.8, 4) is 0 Å². The van der Waals surface area contributed by atoms with E-state index < -0.39 is 9.84 Å². The number of aromatic nitrogens is 2. The van der Waals surface area contributed by atoms with E-state index in [9.17, 15) is 8.42 Å². The van der Waals surface area contributed by atoms with E-state index in [2.05, 4.69) is 4.98 Å². The van der Waals surface area contributed by atoms with Crippen LogP contribution in [0.1, 0.15) is 18.3 Å². The minimum absolute atomic E-state index is 0.0269. The van der Waals surface area contributed by atoms with Gasteiger partial charge in [-0.1, -0.05) is 12.1 Å². The van der Waals surface area contributed by atoms with Crippen molar-refractivity contribution in [1.29, 1.82) is 0 Å². The first-order valence-electron chi connectivity index (χ1n) is 5.97. The Morgan fingerprint density at radius 2 is 2.17 bits per heavy atom. The molecule has 2 aromatic rings. The highest BCUT2D eigenvalue weighted by Gasteiger charge is 2.31. The first kappa shape index (κ1) is 11.7. The maximum atomic E-state index is 11.6. The molecular weight excluding hydrogens is 250 g/mol. The Kier molecular flexibility index (Phi) is 2.64. The molecule has 0 saturated carbocycles. The maximum absolute atomic E-state index is 11.6. The van der Waals surface area contributed by atoms with Crippen molar-refractivity contribution in [2.45, 2.75) is 19.0 Å². The van der Waals surface area contributed by atoms with Gasteiger partial charge in [0.15, 0.2) is 9.84 Å². The second-order valence-electron chi connectivity index (χ2n) is 4.65. The van der Waals surface area contributed by atoms with Crippen LogP contribution in [0.5, 0.6) is 0 Å². The lowest BCUT2D eigenvalue weighted by molar-refractivity contribution is 0.546. The molecule has 0 amide bonds. The first-order chi connectivity index (χ1) is 8.61. The Hall–Kier alpha value is -1.40. The van der Waals surface area contributed by atoms with Gasteiger partial charge >= 0.3 is 0 Å². The molecule has 6 heteroatoms. The van der Waals surface area contributed by atoms with Gasteiger partial charge in [-0.15, -0.1) is 0 Å². The summed E-state index contributed by atoms with van der Waals surface area (Å²) in [5.41, 5.74) is 7.57. The van der Waals surface area contributed by atoms with Crippen molar-refractivity contribution in [3.63, 3.8) is 0 Å². The number of nitrogens with zero attached hydrogens (tertiary/aromatic N) is 2. The van der Waals surface area contributed by atoms with Gasteiger partial charge in [-0.05, 0) is 18.6 Å². The summed E-state index contributed by atoms with van der Waals surface area (Å²) in [6.07, 6.45) is 0.648. The van der Waals surface area contributed by atoms with E-state index in [0.717, 1.165) is 16.9 Å². The zero-order valence-corrected chi connectivity index (χ0v) is 10.7. The molecule has 3 rings (SSSR count). The fourth-order valence-corrected chi connectivity index (χ4v) is 4.32. The summed E-state index contributed by atoms with van der Waals surface area (Å²) in [5, 5.41) is 0. The van der Waals surface area contributed by atoms with Gasteiger partial charge in [-0.25, -0.2) is 13.4 Å². The lowest BCUT2D eigenvalue weighted by Gasteiger charge is -2.14. The Morgan fingerprint density at radius 1 is 1.39 bits per heavy atom. The number of para-hydroxylation sites is 2. The van der Waals surface area contributed by atoms with E-state index >= 15 is 0 Å². The van der Waals surface area contributed by atoms with E-state index in [0.29, 0.717) is 13.0 Å². The first-order valence-corrected chi connectivity index (χ1v) is 7.79. The largest absolute Gasteiger partial charge is 0.324 e. The Balaban J connectivity index is 2.16. The van der Waals surface area contributed by atoms with Gasteiger partial charge in [0.2, 0.25) is 0 Å². The molecule has 0 spiro atoms. The predicted molar refractivity (Wildman–Crippen MR) is 69.9 cm³/mol. The molecule has 1 unspecified atom stereocenters. The van der Waals surface area contributed by atoms with Crippen LogP contribution < -0.4 is 5.73 Å². The standard InChI is InChI=1S/C12H15N3O2S/c13-7-12-14-10-3-1-2-4-11(10)15(12)9-5-6-18(16,17)8-9/h1-4,9H,5-8,13H2. The molecule has 2 heterocycles. The second kappa shape index (κ2) is 4.07. The molecule has 1 aromatic carbocycles. The van der Waals surface area contributed by atoms with Gasteiger partial charge in [0.25, 0.3) is 0 Å². The molecule has 0 aliphatic carbocycles. The van der Waals surface area contributed by atoms with Crippen LogP contribution in [0.3, 0.4) is 0 Å². The minimum Gasteiger partial charge on any atom is -0.324 e. The van der Waals surface area contributed by atoms with Gasteiger partial charge in [0, 0.05) is 0 Å². The molecule has 1 fully saturated rings. The number of hydrogen-bond acceptors (Lipinski definition) is 4. The van der Waals surface area contributed by atoms with Crippen LogP contribution in [-0.4, -0.2) is 29.5 Å². The van der Waals surface area contributed by atoms with Crippen LogP contribution >= 0.6 is 0 Å². The Morgan fingerprint density at radius 3 is 2.83 bits per heavy atom. The summed E-state index contributed by atoms with van der Waals surface area (Å²) >= 11 is 0. The van der Waals surface area contributed by atoms with Crippen molar-refractivity contribution >= 4 is 20.9 Å². The number of sulfone groups is 1. The number of benzene rings is 1. The van der Waals surface area contributed by atoms with E-state index in [1.807, 2.05) is 28.8 Å². The van der Waals surface area contributed by atoms with E-state index in [1.165, 1.54) is 0 Å². The smallest absolute Gasteiger partial charge is 0.152 e. The number of fused-ring (bicyclic) bond motifs is 1. The van der Waals surface area contributed by atoms with Crippen molar-refractivity contribution < 1.29 is 8.42 Å². The fourth-order valence-electron chi connectivity index (χ4n) is 2.62. The van der Waals surface area contributed by atoms with Crippen molar-refractivity contribution in [3.05, 3.63) is 30.1 Å². The number of imidazole rings is 1. The zero-order chi connectivity index (χ0) is 12.8. The summed E-state index contributed by atoms with van der Waals surface area (Å²) in [7, 11) is -2.90. The van der Waals surface area contributed by atoms with Crippen LogP contribution in [0.2, 0.25) is 0 Å². The summed E-state index contributed by atoms with van der Waals surface area (Å²) < 4.78 is 25.2. The monoisotopic (exact) mass is 265 g/mol. The molecule has 1 atom stereocenters. The van der Waals surface area contributed by atoms with E-state index in [1.54, 1.807) is 0 Å². The van der Waals surface area contributed by atoms with E-state index in [-0.39, 0.29) is 17.5 Å². The minimum atomic E-state index is -2.90. The molecule has 18 heavy (non-hydrogen) atoms. The third-order valence-corrected chi connectivity index (χ3v) is 5.18. The summed E-state index contributed by atoms with van der Waals surface area (Å²) in [6.45, 7) is 0.325. The van der Waals surface area contributed by atoms with Gasteiger partial charge in [-0.3, -0.25) is 0 Å². The quantitative estimate of drug-likeness (QED) is 0.873. The van der Waals surface area contributed by atoms with Crippen LogP contribution in [-0.2, 0) is 16.4 Å². The topological polar surface area (TPSA) is 78.0 Å². The third kappa shape index (κ3) is 1.81. The average molecular weight is 265 g/mol. The Labute approximate surface area is 106 Å². The lowest BCUT2D eigenvalue weighted by Crippen LogP contribution is -2.16. The van der Waals surface area contributed by atoms with Gasteiger partial charge in [0.1, 0.15) is 5.82 Å². The van der Waals surface area contributed by atoms with Gasteiger partial charge in [-0.2, -0.15) is 0 Å². The SMILES string of the molecule is NCc1nc2ccccc2n1C1CCS(=O)(=O)C1. The van der Waals surface area contributed by atoms with Crippen molar-refractivity contribution in [2.24, 2.45) is 5.73 Å². The molecule has 1 saturated heterocycles. The molecule has 1 aromatic heterocycles. The number of rotatable bonds is 2. The second-order valence-corrected chi connectivity index (χ2v) is 6.88. The highest BCUT2D eigenvalue weighted by atomic mass is 32.2. The van der Waals surface area contributed by atoms with Crippen LogP contribution in [0.4, 0.5) is 0 Å². The molecular formula is C12H15N3O2S. The highest BCUT2D eigenvalue weighted by molar-refractivity contribution is 7.91. The van der Waals surface area contributed by atoms with Crippen molar-refractivity contribution in [2.75, 3.05) is 11.5 Å². The number of hydrogen-bond donors (Lipinski definition) is 1. The normalized spacial score (nSPS) is 22.6. The molecule has 0 bridgehead atoms. The average Bonchev–Trinajstić information content (AvgIpc) is 2.88. The summed E-state index contributed by atoms with van der Waals surface area (Å²) in [6, 6.07) is 7.72. The molecule has 1 aliphatic rings.